The first kappa shape index (κ1) is 25.1. The Bertz CT molecular complexity index is 346. The molecule has 0 unspecified atom stereocenters. The summed E-state index contributed by atoms with van der Waals surface area (Å²) in [5.74, 6) is 0. The largest absolute Gasteiger partial charge is 0.469 e. The van der Waals surface area contributed by atoms with Gasteiger partial charge < -0.3 is 9.79 Å². The lowest BCUT2D eigenvalue weighted by Gasteiger charge is -2.17. The normalized spacial score (nSPS) is 14.0. The second kappa shape index (κ2) is 14.2. The molecular formula is C20H43O4P. The highest BCUT2D eigenvalue weighted by Gasteiger charge is 2.18. The van der Waals surface area contributed by atoms with E-state index in [0.29, 0.717) is 5.41 Å². The van der Waals surface area contributed by atoms with E-state index in [0.717, 1.165) is 19.3 Å². The van der Waals surface area contributed by atoms with E-state index in [1.165, 1.54) is 70.6 Å². The summed E-state index contributed by atoms with van der Waals surface area (Å²) in [7, 11) is -4.32. The Morgan fingerprint density at radius 2 is 1.12 bits per heavy atom. The summed E-state index contributed by atoms with van der Waals surface area (Å²) < 4.78 is 15.3. The van der Waals surface area contributed by atoms with E-state index in [1.807, 2.05) is 0 Å². The lowest BCUT2D eigenvalue weighted by atomic mass is 9.89. The van der Waals surface area contributed by atoms with Gasteiger partial charge in [-0.05, 0) is 25.2 Å². The smallest absolute Gasteiger partial charge is 0.303 e. The topological polar surface area (TPSA) is 66.8 Å². The Balaban J connectivity index is 3.20. The van der Waals surface area contributed by atoms with Crippen LogP contribution in [0.5, 0.6) is 0 Å². The van der Waals surface area contributed by atoms with Crippen molar-refractivity contribution < 1.29 is 18.9 Å². The molecule has 0 saturated heterocycles. The van der Waals surface area contributed by atoms with Crippen LogP contribution in [0, 0.1) is 5.41 Å². The number of unbranched alkanes of at least 4 members (excludes halogenated alkanes) is 11. The molecule has 2 N–H and O–H groups in total. The van der Waals surface area contributed by atoms with Crippen molar-refractivity contribution in [2.75, 3.05) is 0 Å². The van der Waals surface area contributed by atoms with E-state index in [-0.39, 0.29) is 6.10 Å². The van der Waals surface area contributed by atoms with Crippen LogP contribution in [-0.2, 0) is 9.09 Å². The molecule has 0 aromatic rings. The van der Waals surface area contributed by atoms with Crippen molar-refractivity contribution in [1.29, 1.82) is 0 Å². The monoisotopic (exact) mass is 378 g/mol. The third kappa shape index (κ3) is 22.1. The Labute approximate surface area is 156 Å². The second-order valence-electron chi connectivity index (χ2n) is 8.75. The minimum Gasteiger partial charge on any atom is -0.303 e. The quantitative estimate of drug-likeness (QED) is 0.224. The van der Waals surface area contributed by atoms with E-state index < -0.39 is 7.82 Å². The van der Waals surface area contributed by atoms with Gasteiger partial charge in [-0.1, -0.05) is 97.8 Å². The van der Waals surface area contributed by atoms with Gasteiger partial charge in [-0.15, -0.1) is 0 Å². The van der Waals surface area contributed by atoms with Gasteiger partial charge in [0.15, 0.2) is 0 Å². The predicted octanol–water partition coefficient (Wildman–Crippen LogP) is 6.99. The number of rotatable bonds is 16. The molecular weight excluding hydrogens is 335 g/mol. The highest BCUT2D eigenvalue weighted by Crippen LogP contribution is 2.38. The lowest BCUT2D eigenvalue weighted by Crippen LogP contribution is -2.05. The van der Waals surface area contributed by atoms with Crippen LogP contribution in [-0.4, -0.2) is 15.9 Å². The van der Waals surface area contributed by atoms with Crippen LogP contribution in [0.1, 0.15) is 118 Å². The summed E-state index contributed by atoms with van der Waals surface area (Å²) in [6.07, 6.45) is 17.3. The third-order valence-corrected chi connectivity index (χ3v) is 5.24. The molecule has 0 fully saturated rings. The molecule has 152 valence electrons. The fraction of sp³-hybridized carbons (Fsp3) is 1.00. The summed E-state index contributed by atoms with van der Waals surface area (Å²) in [4.78, 5) is 17.4. The van der Waals surface area contributed by atoms with Crippen LogP contribution in [0.2, 0.25) is 0 Å². The zero-order chi connectivity index (χ0) is 19.2. The Kier molecular flexibility index (Phi) is 14.3. The average molecular weight is 379 g/mol. The van der Waals surface area contributed by atoms with Crippen LogP contribution in [0.3, 0.4) is 0 Å². The molecule has 0 aliphatic heterocycles. The molecule has 0 aromatic heterocycles. The molecule has 0 bridgehead atoms. The van der Waals surface area contributed by atoms with Crippen molar-refractivity contribution in [2.24, 2.45) is 5.41 Å². The molecule has 0 saturated carbocycles. The molecule has 0 aromatic carbocycles. The van der Waals surface area contributed by atoms with Crippen molar-refractivity contribution in [1.82, 2.24) is 0 Å². The van der Waals surface area contributed by atoms with Gasteiger partial charge in [-0.2, -0.15) is 0 Å². The van der Waals surface area contributed by atoms with Gasteiger partial charge in [0.05, 0.1) is 6.10 Å². The van der Waals surface area contributed by atoms with Crippen molar-refractivity contribution >= 4 is 7.82 Å². The number of phosphoric acid groups is 1. The van der Waals surface area contributed by atoms with Crippen molar-refractivity contribution in [3.63, 3.8) is 0 Å². The van der Waals surface area contributed by atoms with Crippen LogP contribution in [0.15, 0.2) is 0 Å². The first-order valence-corrected chi connectivity index (χ1v) is 11.9. The highest BCUT2D eigenvalue weighted by molar-refractivity contribution is 7.46. The van der Waals surface area contributed by atoms with E-state index in [9.17, 15) is 4.57 Å². The van der Waals surface area contributed by atoms with E-state index in [2.05, 4.69) is 25.3 Å². The van der Waals surface area contributed by atoms with Crippen molar-refractivity contribution in [3.05, 3.63) is 0 Å². The van der Waals surface area contributed by atoms with Gasteiger partial charge in [0.2, 0.25) is 0 Å². The van der Waals surface area contributed by atoms with Gasteiger partial charge in [-0.3, -0.25) is 4.52 Å². The number of hydrogen-bond donors (Lipinski definition) is 2. The molecule has 4 nitrogen and oxygen atoms in total. The van der Waals surface area contributed by atoms with Gasteiger partial charge in [0.25, 0.3) is 0 Å². The highest BCUT2D eigenvalue weighted by atomic mass is 31.2. The molecule has 0 heterocycles. The molecule has 0 amide bonds. The third-order valence-electron chi connectivity index (χ3n) is 4.60. The molecule has 25 heavy (non-hydrogen) atoms. The molecule has 0 spiro atoms. The summed E-state index contributed by atoms with van der Waals surface area (Å²) in [5, 5.41) is 0. The lowest BCUT2D eigenvalue weighted by molar-refractivity contribution is 0.136. The fourth-order valence-corrected chi connectivity index (χ4v) is 3.72. The summed E-state index contributed by atoms with van der Waals surface area (Å²) in [6.45, 7) is 8.69. The first-order chi connectivity index (χ1) is 11.6. The van der Waals surface area contributed by atoms with E-state index in [1.54, 1.807) is 6.92 Å². The maximum Gasteiger partial charge on any atom is 0.469 e. The number of hydrogen-bond acceptors (Lipinski definition) is 2. The maximum absolute atomic E-state index is 10.7. The summed E-state index contributed by atoms with van der Waals surface area (Å²) in [5.41, 5.74) is 0.491. The average Bonchev–Trinajstić information content (AvgIpc) is 2.44. The molecule has 0 rings (SSSR count). The molecule has 0 radical (unpaired) electrons. The van der Waals surface area contributed by atoms with Gasteiger partial charge in [0.1, 0.15) is 0 Å². The predicted molar refractivity (Wildman–Crippen MR) is 107 cm³/mol. The molecule has 0 aliphatic rings. The number of phosphoric ester groups is 1. The summed E-state index contributed by atoms with van der Waals surface area (Å²) >= 11 is 0. The van der Waals surface area contributed by atoms with Gasteiger partial charge in [0, 0.05) is 0 Å². The van der Waals surface area contributed by atoms with Crippen LogP contribution >= 0.6 is 7.82 Å². The van der Waals surface area contributed by atoms with Crippen LogP contribution in [0.4, 0.5) is 0 Å². The van der Waals surface area contributed by atoms with E-state index in [4.69, 9.17) is 9.79 Å². The minimum absolute atomic E-state index is 0.357. The van der Waals surface area contributed by atoms with E-state index >= 15 is 0 Å². The van der Waals surface area contributed by atoms with Gasteiger partial charge in [-0.25, -0.2) is 4.57 Å². The Hall–Kier alpha value is 0.110. The van der Waals surface area contributed by atoms with Crippen molar-refractivity contribution in [3.8, 4) is 0 Å². The Morgan fingerprint density at radius 1 is 0.760 bits per heavy atom. The zero-order valence-electron chi connectivity index (χ0n) is 17.1. The molecule has 0 aliphatic carbocycles. The maximum atomic E-state index is 10.7. The SMILES string of the molecule is C[C@H](CCCCCCCCCCCCCCC(C)(C)C)OP(=O)(O)O. The van der Waals surface area contributed by atoms with Gasteiger partial charge >= 0.3 is 7.82 Å². The molecule has 1 atom stereocenters. The second-order valence-corrected chi connectivity index (χ2v) is 9.94. The fourth-order valence-electron chi connectivity index (χ4n) is 3.14. The zero-order valence-corrected chi connectivity index (χ0v) is 18.0. The summed E-state index contributed by atoms with van der Waals surface area (Å²) in [6, 6.07) is 0. The first-order valence-electron chi connectivity index (χ1n) is 10.3. The molecule has 5 heteroatoms. The minimum atomic E-state index is -4.32. The standard InChI is InChI=1S/C20H43O4P/c1-19(24-25(21,22)23)17-15-13-11-9-7-5-6-8-10-12-14-16-18-20(2,3)4/h19H,5-18H2,1-4H3,(H2,21,22,23)/t19-/m1/s1. The van der Waals surface area contributed by atoms with Crippen LogP contribution < -0.4 is 0 Å². The Morgan fingerprint density at radius 3 is 1.48 bits per heavy atom. The van der Waals surface area contributed by atoms with Crippen LogP contribution in [0.25, 0.3) is 0 Å². The van der Waals surface area contributed by atoms with Crippen molar-refractivity contribution in [2.45, 2.75) is 124 Å².